The number of carbonyl (C=O) groups excluding carboxylic acids is 5. The molecule has 0 aromatic rings. The van der Waals surface area contributed by atoms with Gasteiger partial charge in [-0.2, -0.15) is 0 Å². The van der Waals surface area contributed by atoms with Crippen molar-refractivity contribution < 1.29 is 39.6 Å². The van der Waals surface area contributed by atoms with Gasteiger partial charge < -0.3 is 5.32 Å². The summed E-state index contributed by atoms with van der Waals surface area (Å²) in [6, 6.07) is 0. The number of rotatable bonds is 24. The predicted octanol–water partition coefficient (Wildman–Crippen LogP) is 3.61. The standard InChI is InChI=1S/C27H50N4O8/c1-3-4-5-11-21-31(39)27(36)18-16-25(34)28-19-10-8-13-22-30(38)26(35)17-15-24(33)14-9-6-7-12-20-29(37)23(2)32/h37-39H,3-22H2,1-2H3,(H,28,34). The molecule has 0 bridgehead atoms. The van der Waals surface area contributed by atoms with E-state index >= 15 is 0 Å². The van der Waals surface area contributed by atoms with E-state index in [1.807, 2.05) is 0 Å². The van der Waals surface area contributed by atoms with Crippen molar-refractivity contribution in [2.24, 2.45) is 0 Å². The molecule has 39 heavy (non-hydrogen) atoms. The number of Topliss-reactive ketones (excluding diaryl/α,β-unsaturated/α-hetero) is 1. The third-order valence-corrected chi connectivity index (χ3v) is 6.29. The second kappa shape index (κ2) is 23.3. The molecule has 4 N–H and O–H groups in total. The summed E-state index contributed by atoms with van der Waals surface area (Å²) in [4.78, 5) is 58.6. The summed E-state index contributed by atoms with van der Waals surface area (Å²) < 4.78 is 0. The molecule has 0 spiro atoms. The van der Waals surface area contributed by atoms with Crippen LogP contribution in [0.5, 0.6) is 0 Å². The summed E-state index contributed by atoms with van der Waals surface area (Å²) >= 11 is 0. The molecule has 12 heteroatoms. The average molecular weight is 559 g/mol. The van der Waals surface area contributed by atoms with E-state index in [0.29, 0.717) is 60.3 Å². The summed E-state index contributed by atoms with van der Waals surface area (Å²) in [5, 5.41) is 33.6. The van der Waals surface area contributed by atoms with Crippen LogP contribution in [0.1, 0.15) is 117 Å². The first kappa shape index (κ1) is 36.4. The second-order valence-electron chi connectivity index (χ2n) is 9.85. The van der Waals surface area contributed by atoms with E-state index < -0.39 is 17.7 Å². The fourth-order valence-corrected chi connectivity index (χ4v) is 3.76. The maximum absolute atomic E-state index is 12.0. The van der Waals surface area contributed by atoms with Crippen molar-refractivity contribution in [2.45, 2.75) is 117 Å². The molecule has 0 aromatic carbocycles. The molecule has 0 heterocycles. The highest BCUT2D eigenvalue weighted by Crippen LogP contribution is 2.08. The van der Waals surface area contributed by atoms with Crippen molar-refractivity contribution in [1.29, 1.82) is 0 Å². The zero-order valence-corrected chi connectivity index (χ0v) is 23.9. The van der Waals surface area contributed by atoms with Gasteiger partial charge in [0, 0.05) is 65.2 Å². The maximum atomic E-state index is 12.0. The van der Waals surface area contributed by atoms with Crippen LogP contribution < -0.4 is 5.32 Å². The lowest BCUT2D eigenvalue weighted by atomic mass is 10.1. The number of carbonyl (C=O) groups is 5. The quantitative estimate of drug-likeness (QED) is 0.0791. The summed E-state index contributed by atoms with van der Waals surface area (Å²) in [5.41, 5.74) is 0. The van der Waals surface area contributed by atoms with Gasteiger partial charge in [0.25, 0.3) is 0 Å². The highest BCUT2D eigenvalue weighted by molar-refractivity contribution is 5.84. The zero-order chi connectivity index (χ0) is 29.5. The molecule has 0 saturated heterocycles. The smallest absolute Gasteiger partial charge is 0.246 e. The average Bonchev–Trinajstić information content (AvgIpc) is 2.91. The molecule has 0 unspecified atom stereocenters. The van der Waals surface area contributed by atoms with E-state index in [1.165, 1.54) is 6.92 Å². The fourth-order valence-electron chi connectivity index (χ4n) is 3.76. The molecule has 12 nitrogen and oxygen atoms in total. The van der Waals surface area contributed by atoms with Gasteiger partial charge in [0.15, 0.2) is 0 Å². The molecule has 0 aromatic heterocycles. The first-order valence-corrected chi connectivity index (χ1v) is 14.3. The highest BCUT2D eigenvalue weighted by atomic mass is 16.5. The van der Waals surface area contributed by atoms with Gasteiger partial charge in [0.2, 0.25) is 23.6 Å². The number of hydrogen-bond acceptors (Lipinski definition) is 8. The first-order chi connectivity index (χ1) is 18.6. The Kier molecular flexibility index (Phi) is 21.8. The van der Waals surface area contributed by atoms with Crippen LogP contribution >= 0.6 is 0 Å². The number of ketones is 1. The predicted molar refractivity (Wildman–Crippen MR) is 144 cm³/mol. The lowest BCUT2D eigenvalue weighted by Gasteiger charge is -2.15. The van der Waals surface area contributed by atoms with E-state index in [1.54, 1.807) is 0 Å². The van der Waals surface area contributed by atoms with E-state index in [2.05, 4.69) is 12.2 Å². The Labute approximate surface area is 232 Å². The first-order valence-electron chi connectivity index (χ1n) is 14.3. The van der Waals surface area contributed by atoms with Gasteiger partial charge in [-0.15, -0.1) is 0 Å². The normalized spacial score (nSPS) is 10.7. The molecule has 0 rings (SSSR count). The minimum Gasteiger partial charge on any atom is -0.356 e. The molecule has 0 radical (unpaired) electrons. The molecule has 0 aliphatic heterocycles. The minimum atomic E-state index is -0.503. The van der Waals surface area contributed by atoms with E-state index in [0.717, 1.165) is 38.5 Å². The van der Waals surface area contributed by atoms with Crippen molar-refractivity contribution >= 4 is 29.4 Å². The summed E-state index contributed by atoms with van der Waals surface area (Å²) in [6.45, 7) is 4.46. The van der Waals surface area contributed by atoms with Gasteiger partial charge in [-0.05, 0) is 38.5 Å². The molecule has 0 aliphatic rings. The molecule has 0 aliphatic carbocycles. The molecule has 4 amide bonds. The molecule has 0 atom stereocenters. The minimum absolute atomic E-state index is 0.00602. The molecule has 0 fully saturated rings. The summed E-state index contributed by atoms with van der Waals surface area (Å²) in [7, 11) is 0. The van der Waals surface area contributed by atoms with Gasteiger partial charge in [-0.25, -0.2) is 15.2 Å². The van der Waals surface area contributed by atoms with Crippen LogP contribution in [-0.2, 0) is 24.0 Å². The Morgan fingerprint density at radius 3 is 1.62 bits per heavy atom. The van der Waals surface area contributed by atoms with Crippen LogP contribution in [0.25, 0.3) is 0 Å². The lowest BCUT2D eigenvalue weighted by molar-refractivity contribution is -0.166. The van der Waals surface area contributed by atoms with Crippen LogP contribution in [0.3, 0.4) is 0 Å². The molecular formula is C27H50N4O8. The summed E-state index contributed by atoms with van der Waals surface area (Å²) in [5.74, 6) is -1.68. The third kappa shape index (κ3) is 21.0. The Bertz CT molecular complexity index is 735. The van der Waals surface area contributed by atoms with Gasteiger partial charge >= 0.3 is 0 Å². The number of nitrogens with one attached hydrogen (secondary N) is 1. The van der Waals surface area contributed by atoms with Crippen molar-refractivity contribution in [1.82, 2.24) is 20.5 Å². The van der Waals surface area contributed by atoms with Gasteiger partial charge in [-0.1, -0.05) is 39.0 Å². The van der Waals surface area contributed by atoms with E-state index in [9.17, 15) is 39.6 Å². The second-order valence-corrected chi connectivity index (χ2v) is 9.85. The van der Waals surface area contributed by atoms with Crippen molar-refractivity contribution in [3.8, 4) is 0 Å². The van der Waals surface area contributed by atoms with Crippen LogP contribution in [0, 0.1) is 0 Å². The number of hydrogen-bond donors (Lipinski definition) is 4. The Morgan fingerprint density at radius 2 is 1.05 bits per heavy atom. The van der Waals surface area contributed by atoms with E-state index in [4.69, 9.17) is 0 Å². The lowest BCUT2D eigenvalue weighted by Crippen LogP contribution is -2.31. The van der Waals surface area contributed by atoms with Crippen LogP contribution in [0.4, 0.5) is 0 Å². The summed E-state index contributed by atoms with van der Waals surface area (Å²) in [6.07, 6.45) is 8.89. The van der Waals surface area contributed by atoms with Crippen LogP contribution in [0.15, 0.2) is 0 Å². The molecular weight excluding hydrogens is 508 g/mol. The SMILES string of the molecule is CCCCCCN(O)C(=O)CCC(=O)NCCCCCN(O)C(=O)CCC(=O)CCCCCCN(O)C(C)=O. The Morgan fingerprint density at radius 1 is 0.564 bits per heavy atom. The molecule has 226 valence electrons. The van der Waals surface area contributed by atoms with Crippen LogP contribution in [0.2, 0.25) is 0 Å². The molecule has 0 saturated carbocycles. The largest absolute Gasteiger partial charge is 0.356 e. The number of amides is 4. The Balaban J connectivity index is 3.75. The monoisotopic (exact) mass is 558 g/mol. The van der Waals surface area contributed by atoms with Crippen molar-refractivity contribution in [3.05, 3.63) is 0 Å². The topological polar surface area (TPSA) is 168 Å². The van der Waals surface area contributed by atoms with Gasteiger partial charge in [0.05, 0.1) is 0 Å². The van der Waals surface area contributed by atoms with Crippen molar-refractivity contribution in [3.63, 3.8) is 0 Å². The van der Waals surface area contributed by atoms with Gasteiger partial charge in [0.1, 0.15) is 5.78 Å². The Hall–Kier alpha value is -2.57. The van der Waals surface area contributed by atoms with Crippen LogP contribution in [-0.4, -0.2) is 86.4 Å². The highest BCUT2D eigenvalue weighted by Gasteiger charge is 2.14. The maximum Gasteiger partial charge on any atom is 0.246 e. The zero-order valence-electron chi connectivity index (χ0n) is 23.9. The third-order valence-electron chi connectivity index (χ3n) is 6.29. The van der Waals surface area contributed by atoms with Crippen molar-refractivity contribution in [2.75, 3.05) is 26.2 Å². The number of unbranched alkanes of at least 4 members (excludes halogenated alkanes) is 8. The number of hydroxylamine groups is 6. The number of nitrogens with zero attached hydrogens (tertiary/aromatic N) is 3. The van der Waals surface area contributed by atoms with E-state index in [-0.39, 0.29) is 57.0 Å². The fraction of sp³-hybridized carbons (Fsp3) is 0.815. The van der Waals surface area contributed by atoms with Gasteiger partial charge in [-0.3, -0.25) is 39.6 Å².